The van der Waals surface area contributed by atoms with Crippen molar-refractivity contribution in [3.05, 3.63) is 238 Å². The number of pyridine rings is 8. The standard InChI is InChI=1S/2C19H15F2N2O.C19H16FN2O.C18H13F2N2O/c1-10-4-5-23(3)15(6-10)12-8-16-13(7-11(12)2)18-14(20)9-17(21)22-19(18)24-16;1-10-6-7-23(3)14(8-10)13-9-15-17(18(21)11(13)2)12-4-5-16(20)22-19(12)24-15;1-11-6-7-22(3)16(8-11)14-10-17-15(9-12(14)2)13-4-5-18(20)21-19(13)23-17;1-10-12(13-5-3-4-8-22(13)2)9-14-16(17(10)20)11-6-7-15(19)21-18(11)23-14/h2*4-9H,1-3H3;4-10H,1-3H3;3-9H,1-2H3/q4*+1. The van der Waals surface area contributed by atoms with E-state index in [0.29, 0.717) is 60.5 Å². The lowest BCUT2D eigenvalue weighted by Gasteiger charge is -2.07. The Hall–Kier alpha value is -11.2. The average molecular weight is 1270 g/mol. The van der Waals surface area contributed by atoms with Gasteiger partial charge < -0.3 is 17.7 Å². The van der Waals surface area contributed by atoms with Crippen LogP contribution < -0.4 is 18.3 Å². The molecule has 0 spiro atoms. The summed E-state index contributed by atoms with van der Waals surface area (Å²) in [6.45, 7) is 13.6. The fourth-order valence-electron chi connectivity index (χ4n) is 12.1. The monoisotopic (exact) mass is 1270 g/mol. The van der Waals surface area contributed by atoms with Crippen molar-refractivity contribution < 1.29 is 66.7 Å². The maximum Gasteiger partial charge on any atom is 0.232 e. The van der Waals surface area contributed by atoms with Gasteiger partial charge in [-0.05, 0) is 166 Å². The van der Waals surface area contributed by atoms with E-state index in [9.17, 15) is 26.3 Å². The van der Waals surface area contributed by atoms with Gasteiger partial charge in [0.1, 0.15) is 68.0 Å². The Morgan fingerprint density at radius 2 is 0.691 bits per heavy atom. The largest absolute Gasteiger partial charge is 0.438 e. The summed E-state index contributed by atoms with van der Waals surface area (Å²) in [5.74, 6) is -4.11. The van der Waals surface area contributed by atoms with Crippen LogP contribution in [0.15, 0.2) is 176 Å². The van der Waals surface area contributed by atoms with Crippen LogP contribution in [0.4, 0.5) is 30.7 Å². The van der Waals surface area contributed by atoms with E-state index in [-0.39, 0.29) is 34.2 Å². The van der Waals surface area contributed by atoms with Crippen LogP contribution >= 0.6 is 0 Å². The van der Waals surface area contributed by atoms with Gasteiger partial charge in [-0.1, -0.05) is 0 Å². The molecule has 0 aliphatic carbocycles. The van der Waals surface area contributed by atoms with Gasteiger partial charge in [0.25, 0.3) is 0 Å². The van der Waals surface area contributed by atoms with Crippen LogP contribution in [-0.4, -0.2) is 19.9 Å². The molecule has 0 N–H and O–H groups in total. The average Bonchev–Trinajstić information content (AvgIpc) is 1.60. The van der Waals surface area contributed by atoms with Crippen LogP contribution in [0.5, 0.6) is 0 Å². The number of rotatable bonds is 4. The second kappa shape index (κ2) is 24.1. The van der Waals surface area contributed by atoms with Gasteiger partial charge in [-0.25, -0.2) is 31.4 Å². The number of aryl methyl sites for hydroxylation is 9. The molecule has 0 saturated carbocycles. The topological polar surface area (TPSA) is 120 Å². The van der Waals surface area contributed by atoms with Crippen LogP contribution in [0, 0.1) is 89.7 Å². The number of halogens is 7. The Kier molecular flexibility index (Phi) is 15.8. The van der Waals surface area contributed by atoms with Gasteiger partial charge in [0.15, 0.2) is 24.8 Å². The fourth-order valence-corrected chi connectivity index (χ4v) is 12.1. The summed E-state index contributed by atoms with van der Waals surface area (Å²) in [6, 6.07) is 38.7. The van der Waals surface area contributed by atoms with E-state index in [0.717, 1.165) is 89.7 Å². The zero-order chi connectivity index (χ0) is 66.3. The molecule has 0 aliphatic heterocycles. The molecule has 0 fully saturated rings. The van der Waals surface area contributed by atoms with Crippen LogP contribution in [0.1, 0.15) is 38.9 Å². The van der Waals surface area contributed by atoms with E-state index in [4.69, 9.17) is 17.7 Å². The summed E-state index contributed by atoms with van der Waals surface area (Å²) in [5, 5.41) is 4.26. The van der Waals surface area contributed by atoms with Gasteiger partial charge in [-0.2, -0.15) is 37.5 Å². The van der Waals surface area contributed by atoms with Crippen molar-refractivity contribution in [3.8, 4) is 45.0 Å². The van der Waals surface area contributed by atoms with E-state index in [1.54, 1.807) is 32.0 Å². The molecule has 19 heteroatoms. The summed E-state index contributed by atoms with van der Waals surface area (Å²) >= 11 is 0. The van der Waals surface area contributed by atoms with Gasteiger partial charge >= 0.3 is 0 Å². The predicted molar refractivity (Wildman–Crippen MR) is 345 cm³/mol. The van der Waals surface area contributed by atoms with Crippen LogP contribution in [0.2, 0.25) is 0 Å². The first-order chi connectivity index (χ1) is 45.0. The highest BCUT2D eigenvalue weighted by molar-refractivity contribution is 6.08. The first-order valence-corrected chi connectivity index (χ1v) is 29.9. The Bertz CT molecular complexity index is 5780. The van der Waals surface area contributed by atoms with Crippen molar-refractivity contribution >= 4 is 88.3 Å². The summed E-state index contributed by atoms with van der Waals surface area (Å²) in [4.78, 5) is 14.9. The minimum atomic E-state index is -0.888. The quantitative estimate of drug-likeness (QED) is 0.0971. The minimum Gasteiger partial charge on any atom is -0.438 e. The third-order valence-electron chi connectivity index (χ3n) is 17.0. The molecule has 0 bridgehead atoms. The number of hydrogen-bond acceptors (Lipinski definition) is 8. The zero-order valence-electron chi connectivity index (χ0n) is 52.9. The lowest BCUT2D eigenvalue weighted by Crippen LogP contribution is -2.30. The Labute approximate surface area is 532 Å². The molecule has 0 saturated heterocycles. The SMILES string of the molecule is Cc1c(-c2cccc[n+]2C)cc2oc3nc(F)ccc3c2c1F.Cc1cc[n+](C)c(-c2cc3oc4nc(F)cc(F)c4c3cc2C)c1.Cc1cc[n+](C)c(-c2cc3oc4nc(F)ccc4c3c(F)c2C)c1.Cc1cc[n+](C)c(-c2cc3oc4nc(F)ccc4c3cc2C)c1. The molecule has 0 aliphatic rings. The molecule has 12 aromatic heterocycles. The van der Waals surface area contributed by atoms with Gasteiger partial charge in [0.05, 0.1) is 49.2 Å². The van der Waals surface area contributed by atoms with E-state index >= 15 is 4.39 Å². The summed E-state index contributed by atoms with van der Waals surface area (Å²) < 4.78 is 128. The molecule has 0 radical (unpaired) electrons. The van der Waals surface area contributed by atoms with Gasteiger partial charge in [-0.15, -0.1) is 0 Å². The first-order valence-electron chi connectivity index (χ1n) is 29.9. The number of furan rings is 4. The second-order valence-corrected chi connectivity index (χ2v) is 23.6. The van der Waals surface area contributed by atoms with Crippen LogP contribution in [0.25, 0.3) is 133 Å². The summed E-state index contributed by atoms with van der Waals surface area (Å²) in [5.41, 5.74) is 16.5. The van der Waals surface area contributed by atoms with Crippen molar-refractivity contribution in [3.63, 3.8) is 0 Å². The third-order valence-corrected chi connectivity index (χ3v) is 17.0. The van der Waals surface area contributed by atoms with E-state index in [1.165, 1.54) is 35.9 Å². The Morgan fingerprint density at radius 3 is 1.18 bits per heavy atom. The fraction of sp³-hybridized carbons (Fsp3) is 0.147. The number of benzene rings is 4. The van der Waals surface area contributed by atoms with E-state index in [1.807, 2.05) is 142 Å². The molecule has 16 rings (SSSR count). The molecular weight excluding hydrogens is 1210 g/mol. The normalized spacial score (nSPS) is 11.5. The first kappa shape index (κ1) is 61.6. The lowest BCUT2D eigenvalue weighted by molar-refractivity contribution is -0.660. The third kappa shape index (κ3) is 11.3. The molecule has 0 unspecified atom stereocenters. The number of aromatic nitrogens is 8. The summed E-state index contributed by atoms with van der Waals surface area (Å²) in [6.07, 6.45) is 7.86. The van der Waals surface area contributed by atoms with E-state index < -0.39 is 29.6 Å². The van der Waals surface area contributed by atoms with Crippen LogP contribution in [0.3, 0.4) is 0 Å². The molecule has 94 heavy (non-hydrogen) atoms. The number of nitrogens with zero attached hydrogens (tertiary/aromatic N) is 8. The molecule has 0 atom stereocenters. The maximum absolute atomic E-state index is 15.0. The molecule has 0 amide bonds. The molecular formula is C75H59F7N8O4+4. The molecule has 468 valence electrons. The van der Waals surface area contributed by atoms with Crippen molar-refractivity contribution in [1.82, 2.24) is 19.9 Å². The lowest BCUT2D eigenvalue weighted by atomic mass is 10.00. The molecule has 16 aromatic rings. The predicted octanol–water partition coefficient (Wildman–Crippen LogP) is 17.0. The minimum absolute atomic E-state index is 0.0207. The highest BCUT2D eigenvalue weighted by atomic mass is 19.2. The number of hydrogen-bond donors (Lipinski definition) is 0. The zero-order valence-corrected chi connectivity index (χ0v) is 52.9. The molecule has 4 aromatic carbocycles. The van der Waals surface area contributed by atoms with Gasteiger partial charge in [-0.3, -0.25) is 0 Å². The second-order valence-electron chi connectivity index (χ2n) is 23.6. The molecule has 12 nitrogen and oxygen atoms in total. The van der Waals surface area contributed by atoms with Gasteiger partial charge in [0.2, 0.25) is 69.4 Å². The van der Waals surface area contributed by atoms with Crippen molar-refractivity contribution in [2.45, 2.75) is 48.5 Å². The summed E-state index contributed by atoms with van der Waals surface area (Å²) in [7, 11) is 7.79. The van der Waals surface area contributed by atoms with Crippen molar-refractivity contribution in [1.29, 1.82) is 0 Å². The highest BCUT2D eigenvalue weighted by Gasteiger charge is 2.26. The van der Waals surface area contributed by atoms with E-state index in [2.05, 4.69) is 62.6 Å². The van der Waals surface area contributed by atoms with Crippen LogP contribution in [-0.2, 0) is 28.2 Å². The highest BCUT2D eigenvalue weighted by Crippen LogP contribution is 2.40. The Balaban J connectivity index is 0.000000114. The molecule has 12 heterocycles. The maximum atomic E-state index is 15.0. The van der Waals surface area contributed by atoms with Gasteiger partial charge in [0, 0.05) is 70.8 Å². The smallest absolute Gasteiger partial charge is 0.232 e. The van der Waals surface area contributed by atoms with Crippen molar-refractivity contribution in [2.24, 2.45) is 28.2 Å². The van der Waals surface area contributed by atoms with Crippen molar-refractivity contribution in [2.75, 3.05) is 0 Å². The number of fused-ring (bicyclic) bond motifs is 12. The Morgan fingerprint density at radius 1 is 0.309 bits per heavy atom.